The van der Waals surface area contributed by atoms with Gasteiger partial charge in [0.1, 0.15) is 61.0 Å². The number of aliphatic hydroxyl groups excluding tert-OH is 9. The first kappa shape index (κ1) is 51.0. The van der Waals surface area contributed by atoms with Gasteiger partial charge in [0.25, 0.3) is 0 Å². The second kappa shape index (κ2) is 18.3. The van der Waals surface area contributed by atoms with Crippen LogP contribution >= 0.6 is 0 Å². The Hall–Kier alpha value is -1.39. The molecule has 0 bridgehead atoms. The summed E-state index contributed by atoms with van der Waals surface area (Å²) in [4.78, 5) is 14.0. The molecule has 3 heterocycles. The molecular formula is C49H80O17. The predicted octanol–water partition coefficient (Wildman–Crippen LogP) is 1.82. The molecule has 0 spiro atoms. The zero-order valence-electron chi connectivity index (χ0n) is 40.2. The van der Waals surface area contributed by atoms with Crippen molar-refractivity contribution in [2.45, 2.75) is 212 Å². The van der Waals surface area contributed by atoms with Gasteiger partial charge in [-0.1, -0.05) is 53.2 Å². The Kier molecular flexibility index (Phi) is 14.2. The third-order valence-electron chi connectivity index (χ3n) is 19.4. The van der Waals surface area contributed by atoms with Crippen molar-refractivity contribution < 1.29 is 83.9 Å². The number of fused-ring (bicyclic) bond motifs is 7. The van der Waals surface area contributed by atoms with E-state index in [1.54, 1.807) is 0 Å². The van der Waals surface area contributed by atoms with Crippen molar-refractivity contribution in [2.24, 2.45) is 50.2 Å². The van der Waals surface area contributed by atoms with Crippen LogP contribution in [0.3, 0.4) is 0 Å². The highest BCUT2D eigenvalue weighted by Gasteiger charge is 2.70. The summed E-state index contributed by atoms with van der Waals surface area (Å²) >= 11 is 0. The van der Waals surface area contributed by atoms with Gasteiger partial charge in [0.15, 0.2) is 18.9 Å². The normalized spacial score (nSPS) is 53.6. The average molecular weight is 941 g/mol. The summed E-state index contributed by atoms with van der Waals surface area (Å²) in [6.45, 7) is 16.6. The zero-order valence-corrected chi connectivity index (χ0v) is 40.2. The van der Waals surface area contributed by atoms with E-state index in [2.05, 4.69) is 47.6 Å². The highest BCUT2D eigenvalue weighted by molar-refractivity contribution is 5.78. The Balaban J connectivity index is 1.06. The van der Waals surface area contributed by atoms with Crippen LogP contribution in [0, 0.1) is 50.2 Å². The first-order valence-electron chi connectivity index (χ1n) is 24.7. The average Bonchev–Trinajstić information content (AvgIpc) is 3.27. The molecule has 0 aromatic carbocycles. The van der Waals surface area contributed by atoms with E-state index in [0.717, 1.165) is 57.8 Å². The van der Waals surface area contributed by atoms with E-state index in [1.165, 1.54) is 12.5 Å². The molecule has 66 heavy (non-hydrogen) atoms. The number of carbonyl (C=O) groups excluding carboxylic acids is 1. The maximum atomic E-state index is 14.0. The van der Waals surface area contributed by atoms with E-state index in [4.69, 9.17) is 33.2 Å². The summed E-state index contributed by atoms with van der Waals surface area (Å²) in [6, 6.07) is 0. The van der Waals surface area contributed by atoms with Crippen LogP contribution in [-0.2, 0) is 38.0 Å². The highest BCUT2D eigenvalue weighted by Crippen LogP contribution is 2.76. The molecule has 3 aliphatic heterocycles. The summed E-state index contributed by atoms with van der Waals surface area (Å²) in [7, 11) is 0. The van der Waals surface area contributed by atoms with Crippen LogP contribution < -0.4 is 0 Å². The maximum absolute atomic E-state index is 14.0. The largest absolute Gasteiger partial charge is 0.466 e. The first-order valence-corrected chi connectivity index (χ1v) is 24.7. The summed E-state index contributed by atoms with van der Waals surface area (Å²) in [6.07, 6.45) is -10.9. The molecule has 23 atom stereocenters. The smallest absolute Gasteiger partial charge is 0.312 e. The first-order chi connectivity index (χ1) is 31.0. The van der Waals surface area contributed by atoms with Crippen LogP contribution in [0.5, 0.6) is 0 Å². The molecule has 8 rings (SSSR count). The Bertz CT molecular complexity index is 1780. The van der Waals surface area contributed by atoms with Gasteiger partial charge in [-0.05, 0) is 117 Å². The van der Waals surface area contributed by atoms with Crippen LogP contribution in [0.4, 0.5) is 0 Å². The highest BCUT2D eigenvalue weighted by atomic mass is 16.8. The predicted molar refractivity (Wildman–Crippen MR) is 234 cm³/mol. The number of allylic oxidation sites excluding steroid dienone is 2. The standard InChI is InChI=1S/C49H80O17/c1-9-60-43(59)49-18-16-44(3,4)20-26(49)25-10-11-30-45(5)14-13-31(46(6,23-51)29(45)12-15-48(30,8)47(25,7)17-19-49)65-42-39(66-40-37(57)35(55)32(52)24(2)62-40)34(54)28(22-61-42)64-41-38(58)36(56)33(53)27(21-50)63-41/h10,24,26-42,50-58H,9,11-23H2,1-8H3/t24-,26?,27+,28-,29?,30?,31?,32-,33+,34-,35+,36-,37+,38+,39+,40-,41+,42-,45-,46-,47+,48+,49-/m0/s1. The summed E-state index contributed by atoms with van der Waals surface area (Å²) in [5, 5.41) is 97.0. The molecule has 0 radical (unpaired) electrons. The lowest BCUT2D eigenvalue weighted by atomic mass is 9.33. The lowest BCUT2D eigenvalue weighted by Crippen LogP contribution is -2.67. The van der Waals surface area contributed by atoms with Gasteiger partial charge < -0.3 is 79.1 Å². The van der Waals surface area contributed by atoms with Gasteiger partial charge in [0.05, 0.1) is 44.1 Å². The number of carbonyl (C=O) groups is 1. The minimum Gasteiger partial charge on any atom is -0.466 e. The quantitative estimate of drug-likeness (QED) is 0.0860. The molecule has 378 valence electrons. The number of hydrogen-bond donors (Lipinski definition) is 9. The van der Waals surface area contributed by atoms with Gasteiger partial charge in [-0.15, -0.1) is 0 Å². The van der Waals surface area contributed by atoms with Crippen LogP contribution in [0.15, 0.2) is 11.6 Å². The van der Waals surface area contributed by atoms with Crippen molar-refractivity contribution in [1.82, 2.24) is 0 Å². The minimum absolute atomic E-state index is 0.0114. The van der Waals surface area contributed by atoms with Gasteiger partial charge in [-0.3, -0.25) is 4.79 Å². The van der Waals surface area contributed by atoms with Gasteiger partial charge in [0, 0.05) is 5.41 Å². The Morgan fingerprint density at radius 2 is 1.39 bits per heavy atom. The molecule has 9 N–H and O–H groups in total. The fourth-order valence-electron chi connectivity index (χ4n) is 15.0. The number of ether oxygens (including phenoxy) is 7. The third kappa shape index (κ3) is 7.98. The zero-order chi connectivity index (χ0) is 48.1. The molecule has 4 saturated carbocycles. The van der Waals surface area contributed by atoms with E-state index in [9.17, 15) is 50.8 Å². The van der Waals surface area contributed by atoms with Crippen molar-refractivity contribution in [2.75, 3.05) is 26.4 Å². The second-order valence-electron chi connectivity index (χ2n) is 23.3. The molecule has 5 aliphatic carbocycles. The molecule has 0 amide bonds. The summed E-state index contributed by atoms with van der Waals surface area (Å²) in [5.41, 5.74) is -0.194. The molecule has 4 unspecified atom stereocenters. The lowest BCUT2D eigenvalue weighted by molar-refractivity contribution is -0.381. The minimum atomic E-state index is -1.77. The molecule has 8 aliphatic rings. The van der Waals surface area contributed by atoms with Crippen LogP contribution in [0.2, 0.25) is 0 Å². The van der Waals surface area contributed by atoms with Gasteiger partial charge in [0.2, 0.25) is 0 Å². The monoisotopic (exact) mass is 941 g/mol. The molecule has 0 aromatic heterocycles. The van der Waals surface area contributed by atoms with E-state index < -0.39 is 110 Å². The van der Waals surface area contributed by atoms with Crippen molar-refractivity contribution >= 4 is 5.97 Å². The fourth-order valence-corrected chi connectivity index (χ4v) is 15.0. The Morgan fingerprint density at radius 1 is 0.727 bits per heavy atom. The van der Waals surface area contributed by atoms with Crippen LogP contribution in [0.25, 0.3) is 0 Å². The topological polar surface area (TPSA) is 264 Å². The van der Waals surface area contributed by atoms with Crippen molar-refractivity contribution in [1.29, 1.82) is 0 Å². The molecule has 3 saturated heterocycles. The third-order valence-corrected chi connectivity index (χ3v) is 19.4. The van der Waals surface area contributed by atoms with Gasteiger partial charge >= 0.3 is 5.97 Å². The van der Waals surface area contributed by atoms with Crippen molar-refractivity contribution in [3.05, 3.63) is 11.6 Å². The van der Waals surface area contributed by atoms with Crippen LogP contribution in [0.1, 0.15) is 120 Å². The number of hydrogen-bond acceptors (Lipinski definition) is 17. The van der Waals surface area contributed by atoms with Gasteiger partial charge in [-0.25, -0.2) is 0 Å². The summed E-state index contributed by atoms with van der Waals surface area (Å²) < 4.78 is 42.5. The lowest BCUT2D eigenvalue weighted by Gasteiger charge is -2.71. The second-order valence-corrected chi connectivity index (χ2v) is 23.3. The van der Waals surface area contributed by atoms with E-state index in [0.29, 0.717) is 13.0 Å². The van der Waals surface area contributed by atoms with Crippen molar-refractivity contribution in [3.63, 3.8) is 0 Å². The SMILES string of the molecule is CCOC(=O)[C@]12CCC(C)(C)CC1C1=CCC3[C@@]4(C)CCC(O[C@@H]5OC[C@H](O[C@H]6O[C@H](CO)[C@@H](O)[C@H](O)[C@H]6O)[C@H](O)[C@H]5O[C@@H]5O[C@@H](C)[C@H](O)[C@@H](O)[C@H]5O)[C@@](C)(CO)C4CC[C@@]3(C)[C@]1(C)CC2. The molecule has 0 aromatic rings. The molecular weight excluding hydrogens is 861 g/mol. The van der Waals surface area contributed by atoms with Crippen LogP contribution in [-0.4, -0.2) is 170 Å². The van der Waals surface area contributed by atoms with Crippen molar-refractivity contribution in [3.8, 4) is 0 Å². The van der Waals surface area contributed by atoms with E-state index in [-0.39, 0.29) is 58.6 Å². The molecule has 17 nitrogen and oxygen atoms in total. The Morgan fingerprint density at radius 3 is 2.06 bits per heavy atom. The molecule has 7 fully saturated rings. The number of esters is 1. The van der Waals surface area contributed by atoms with E-state index in [1.807, 2.05) is 6.92 Å². The summed E-state index contributed by atoms with van der Waals surface area (Å²) in [5.74, 6) is 0.362. The number of aliphatic hydroxyl groups is 9. The van der Waals surface area contributed by atoms with E-state index >= 15 is 0 Å². The maximum Gasteiger partial charge on any atom is 0.312 e. The molecule has 17 heteroatoms. The fraction of sp³-hybridized carbons (Fsp3) is 0.939. The van der Waals surface area contributed by atoms with Gasteiger partial charge in [-0.2, -0.15) is 0 Å². The Labute approximate surface area is 389 Å². The number of rotatable bonds is 10.